The second-order valence-electron chi connectivity index (χ2n) is 5.11. The Morgan fingerprint density at radius 3 is 2.38 bits per heavy atom. The van der Waals surface area contributed by atoms with Crippen molar-refractivity contribution in [2.24, 2.45) is 5.92 Å². The zero-order valence-electron chi connectivity index (χ0n) is 10.2. The van der Waals surface area contributed by atoms with Crippen molar-refractivity contribution in [2.75, 3.05) is 13.1 Å². The van der Waals surface area contributed by atoms with Gasteiger partial charge < -0.3 is 10.2 Å². The maximum Gasteiger partial charge on any atom is 0.227 e. The molecule has 1 atom stereocenters. The smallest absolute Gasteiger partial charge is 0.227 e. The molecule has 1 saturated heterocycles. The van der Waals surface area contributed by atoms with Gasteiger partial charge in [-0.2, -0.15) is 0 Å². The Morgan fingerprint density at radius 2 is 2.00 bits per heavy atom. The van der Waals surface area contributed by atoms with E-state index in [1.54, 1.807) is 0 Å². The van der Waals surface area contributed by atoms with Gasteiger partial charge in [0.1, 0.15) is 0 Å². The molecule has 0 spiro atoms. The highest BCUT2D eigenvalue weighted by molar-refractivity contribution is 5.85. The van der Waals surface area contributed by atoms with Gasteiger partial charge in [0.05, 0.1) is 5.92 Å². The monoisotopic (exact) mass is 246 g/mol. The van der Waals surface area contributed by atoms with Gasteiger partial charge in [-0.3, -0.25) is 4.79 Å². The zero-order chi connectivity index (χ0) is 10.8. The summed E-state index contributed by atoms with van der Waals surface area (Å²) in [6.45, 7) is 6.17. The van der Waals surface area contributed by atoms with Crippen LogP contribution in [0.4, 0.5) is 0 Å². The van der Waals surface area contributed by atoms with Gasteiger partial charge in [0.15, 0.2) is 0 Å². The van der Waals surface area contributed by atoms with Crippen molar-refractivity contribution in [3.8, 4) is 0 Å². The number of amides is 1. The quantitative estimate of drug-likeness (QED) is 0.824. The van der Waals surface area contributed by atoms with Crippen molar-refractivity contribution >= 4 is 18.3 Å². The Bertz CT molecular complexity index is 235. The van der Waals surface area contributed by atoms with Crippen molar-refractivity contribution in [3.05, 3.63) is 0 Å². The third-order valence-electron chi connectivity index (χ3n) is 3.69. The zero-order valence-corrected chi connectivity index (χ0v) is 11.1. The summed E-state index contributed by atoms with van der Waals surface area (Å²) in [5, 5.41) is 3.27. The van der Waals surface area contributed by atoms with E-state index in [9.17, 15) is 4.79 Å². The van der Waals surface area contributed by atoms with Crippen LogP contribution in [0.25, 0.3) is 0 Å². The number of nitrogens with one attached hydrogen (secondary N) is 1. The number of halogens is 1. The summed E-state index contributed by atoms with van der Waals surface area (Å²) in [6, 6.07) is 0.904. The molecule has 2 fully saturated rings. The molecule has 1 aliphatic heterocycles. The number of hydrogen-bond donors (Lipinski definition) is 1. The summed E-state index contributed by atoms with van der Waals surface area (Å²) in [7, 11) is 0. The minimum absolute atomic E-state index is 0. The molecule has 0 aromatic heterocycles. The lowest BCUT2D eigenvalue weighted by atomic mass is 9.89. The van der Waals surface area contributed by atoms with Crippen LogP contribution in [-0.4, -0.2) is 36.0 Å². The van der Waals surface area contributed by atoms with E-state index in [1.807, 2.05) is 0 Å². The minimum Gasteiger partial charge on any atom is -0.337 e. The summed E-state index contributed by atoms with van der Waals surface area (Å²) in [5.74, 6) is 0.632. The highest BCUT2D eigenvalue weighted by Gasteiger charge is 2.35. The van der Waals surface area contributed by atoms with E-state index in [1.165, 1.54) is 19.3 Å². The molecule has 1 heterocycles. The Kier molecular flexibility index (Phi) is 5.06. The molecule has 0 aromatic rings. The SMILES string of the molecule is CC(C)N(C(=O)[C@H]1CCNC1)C1CCC1.Cl. The highest BCUT2D eigenvalue weighted by Crippen LogP contribution is 2.28. The number of carbonyl (C=O) groups is 1. The minimum atomic E-state index is 0. The summed E-state index contributed by atoms with van der Waals surface area (Å²) < 4.78 is 0. The summed E-state index contributed by atoms with van der Waals surface area (Å²) >= 11 is 0. The number of carbonyl (C=O) groups excluding carboxylic acids is 1. The largest absolute Gasteiger partial charge is 0.337 e. The average molecular weight is 247 g/mol. The lowest BCUT2D eigenvalue weighted by Crippen LogP contribution is -2.50. The van der Waals surface area contributed by atoms with Crippen LogP contribution in [0.15, 0.2) is 0 Å². The van der Waals surface area contributed by atoms with Crippen LogP contribution in [0, 0.1) is 5.92 Å². The first kappa shape index (κ1) is 13.8. The summed E-state index contributed by atoms with van der Waals surface area (Å²) in [4.78, 5) is 14.4. The van der Waals surface area contributed by atoms with Crippen molar-refractivity contribution < 1.29 is 4.79 Å². The molecule has 0 radical (unpaired) electrons. The van der Waals surface area contributed by atoms with Crippen LogP contribution < -0.4 is 5.32 Å². The van der Waals surface area contributed by atoms with Crippen LogP contribution in [0.1, 0.15) is 39.5 Å². The predicted molar refractivity (Wildman–Crippen MR) is 67.8 cm³/mol. The standard InChI is InChI=1S/C12H22N2O.ClH/c1-9(2)14(11-4-3-5-11)12(15)10-6-7-13-8-10;/h9-11,13H,3-8H2,1-2H3;1H/t10-;/m0./s1. The fourth-order valence-corrected chi connectivity index (χ4v) is 2.60. The molecule has 1 aliphatic carbocycles. The average Bonchev–Trinajstić information content (AvgIpc) is 2.61. The van der Waals surface area contributed by atoms with Crippen molar-refractivity contribution in [1.29, 1.82) is 0 Å². The molecule has 1 saturated carbocycles. The van der Waals surface area contributed by atoms with E-state index in [4.69, 9.17) is 0 Å². The van der Waals surface area contributed by atoms with Gasteiger partial charge in [0.25, 0.3) is 0 Å². The van der Waals surface area contributed by atoms with Gasteiger partial charge in [-0.25, -0.2) is 0 Å². The fraction of sp³-hybridized carbons (Fsp3) is 0.917. The molecule has 0 unspecified atom stereocenters. The van der Waals surface area contributed by atoms with Crippen molar-refractivity contribution in [1.82, 2.24) is 10.2 Å². The topological polar surface area (TPSA) is 32.3 Å². The Morgan fingerprint density at radius 1 is 1.31 bits per heavy atom. The van der Waals surface area contributed by atoms with E-state index in [-0.39, 0.29) is 18.3 Å². The van der Waals surface area contributed by atoms with Gasteiger partial charge in [-0.05, 0) is 46.1 Å². The second-order valence-corrected chi connectivity index (χ2v) is 5.11. The number of nitrogens with zero attached hydrogens (tertiary/aromatic N) is 1. The number of rotatable bonds is 3. The Hall–Kier alpha value is -0.280. The molecular weight excluding hydrogens is 224 g/mol. The molecule has 94 valence electrons. The van der Waals surface area contributed by atoms with Crippen LogP contribution in [0.5, 0.6) is 0 Å². The number of hydrogen-bond acceptors (Lipinski definition) is 2. The van der Waals surface area contributed by atoms with E-state index in [0.29, 0.717) is 18.0 Å². The van der Waals surface area contributed by atoms with Crippen LogP contribution in [0.2, 0.25) is 0 Å². The molecule has 1 N–H and O–H groups in total. The third-order valence-corrected chi connectivity index (χ3v) is 3.69. The molecule has 2 aliphatic rings. The van der Waals surface area contributed by atoms with Crippen LogP contribution in [0.3, 0.4) is 0 Å². The molecule has 0 aromatic carbocycles. The molecule has 4 heteroatoms. The Labute approximate surface area is 104 Å². The maximum atomic E-state index is 12.3. The summed E-state index contributed by atoms with van der Waals surface area (Å²) in [6.07, 6.45) is 4.74. The van der Waals surface area contributed by atoms with Crippen molar-refractivity contribution in [3.63, 3.8) is 0 Å². The molecule has 1 amide bonds. The lowest BCUT2D eigenvalue weighted by Gasteiger charge is -2.41. The third kappa shape index (κ3) is 2.69. The first-order chi connectivity index (χ1) is 7.20. The molecule has 3 nitrogen and oxygen atoms in total. The first-order valence-corrected chi connectivity index (χ1v) is 6.23. The normalized spacial score (nSPS) is 25.1. The maximum absolute atomic E-state index is 12.3. The first-order valence-electron chi connectivity index (χ1n) is 6.23. The van der Waals surface area contributed by atoms with E-state index in [0.717, 1.165) is 19.5 Å². The van der Waals surface area contributed by atoms with Gasteiger partial charge >= 0.3 is 0 Å². The highest BCUT2D eigenvalue weighted by atomic mass is 35.5. The van der Waals surface area contributed by atoms with Gasteiger partial charge in [0.2, 0.25) is 5.91 Å². The van der Waals surface area contributed by atoms with Gasteiger partial charge in [-0.1, -0.05) is 0 Å². The van der Waals surface area contributed by atoms with Crippen molar-refractivity contribution in [2.45, 2.75) is 51.6 Å². The molecule has 16 heavy (non-hydrogen) atoms. The van der Waals surface area contributed by atoms with E-state index in [2.05, 4.69) is 24.1 Å². The Balaban J connectivity index is 0.00000128. The van der Waals surface area contributed by atoms with Crippen LogP contribution in [-0.2, 0) is 4.79 Å². The molecule has 0 bridgehead atoms. The summed E-state index contributed by atoms with van der Waals surface area (Å²) in [5.41, 5.74) is 0. The second kappa shape index (κ2) is 5.87. The van der Waals surface area contributed by atoms with Crippen LogP contribution >= 0.6 is 12.4 Å². The molecular formula is C12H23ClN2O. The predicted octanol–water partition coefficient (Wildman–Crippen LogP) is 1.81. The molecule has 2 rings (SSSR count). The van der Waals surface area contributed by atoms with E-state index >= 15 is 0 Å². The lowest BCUT2D eigenvalue weighted by molar-refractivity contribution is -0.141. The van der Waals surface area contributed by atoms with E-state index < -0.39 is 0 Å². The van der Waals surface area contributed by atoms with Gasteiger partial charge in [0, 0.05) is 18.6 Å². The van der Waals surface area contributed by atoms with Gasteiger partial charge in [-0.15, -0.1) is 12.4 Å². The fourth-order valence-electron chi connectivity index (χ4n) is 2.60.